The summed E-state index contributed by atoms with van der Waals surface area (Å²) in [6.07, 6.45) is 0. The lowest BCUT2D eigenvalue weighted by molar-refractivity contribution is 0.0773. The molecule has 5 heteroatoms. The van der Waals surface area contributed by atoms with Gasteiger partial charge in [0.1, 0.15) is 0 Å². The van der Waals surface area contributed by atoms with Crippen LogP contribution >= 0.6 is 0 Å². The third-order valence-electron chi connectivity index (χ3n) is 2.85. The summed E-state index contributed by atoms with van der Waals surface area (Å²) in [5, 5.41) is 18.6. The van der Waals surface area contributed by atoms with Gasteiger partial charge in [-0.05, 0) is 31.8 Å². The van der Waals surface area contributed by atoms with Crippen molar-refractivity contribution in [3.8, 4) is 0 Å². The van der Waals surface area contributed by atoms with Crippen molar-refractivity contribution in [2.75, 3.05) is 13.1 Å². The van der Waals surface area contributed by atoms with Crippen LogP contribution in [-0.2, 0) is 0 Å². The minimum Gasteiger partial charge on any atom is -0.423 e. The van der Waals surface area contributed by atoms with Gasteiger partial charge in [0.15, 0.2) is 0 Å². The first-order valence-electron chi connectivity index (χ1n) is 5.77. The average molecular weight is 235 g/mol. The van der Waals surface area contributed by atoms with Gasteiger partial charge in [-0.25, -0.2) is 0 Å². The number of benzene rings is 1. The van der Waals surface area contributed by atoms with Crippen molar-refractivity contribution in [1.29, 1.82) is 0 Å². The van der Waals surface area contributed by atoms with Gasteiger partial charge in [-0.3, -0.25) is 4.79 Å². The lowest BCUT2D eigenvalue weighted by Gasteiger charge is -2.21. The molecule has 0 aliphatic rings. The molecule has 17 heavy (non-hydrogen) atoms. The molecule has 92 valence electrons. The third-order valence-corrected chi connectivity index (χ3v) is 2.85. The molecule has 0 aliphatic heterocycles. The Bertz CT molecular complexity index is 403. The minimum atomic E-state index is -1.62. The molecule has 1 amide bonds. The van der Waals surface area contributed by atoms with Crippen molar-refractivity contribution >= 4 is 18.5 Å². The summed E-state index contributed by atoms with van der Waals surface area (Å²) < 4.78 is 0. The van der Waals surface area contributed by atoms with Gasteiger partial charge in [0.2, 0.25) is 0 Å². The maximum Gasteiger partial charge on any atom is 0.489 e. The van der Waals surface area contributed by atoms with Crippen LogP contribution in [0.2, 0.25) is 0 Å². The molecular weight excluding hydrogens is 217 g/mol. The van der Waals surface area contributed by atoms with Gasteiger partial charge in [0.25, 0.3) is 5.91 Å². The van der Waals surface area contributed by atoms with Gasteiger partial charge in [-0.2, -0.15) is 0 Å². The highest BCUT2D eigenvalue weighted by Crippen LogP contribution is 2.09. The molecule has 0 atom stereocenters. The minimum absolute atomic E-state index is 0.156. The van der Waals surface area contributed by atoms with E-state index in [0.29, 0.717) is 18.7 Å². The molecule has 0 spiro atoms. The number of amides is 1. The summed E-state index contributed by atoms with van der Waals surface area (Å²) in [5.41, 5.74) is 1.42. The number of rotatable bonds is 4. The zero-order valence-electron chi connectivity index (χ0n) is 10.5. The average Bonchev–Trinajstić information content (AvgIpc) is 2.29. The Morgan fingerprint density at radius 2 is 1.88 bits per heavy atom. The maximum atomic E-state index is 12.3. The number of nitrogens with zero attached hydrogens (tertiary/aromatic N) is 1. The highest BCUT2D eigenvalue weighted by molar-refractivity contribution is 6.60. The fraction of sp³-hybridized carbons (Fsp3) is 0.417. The molecule has 0 saturated heterocycles. The van der Waals surface area contributed by atoms with Crippen LogP contribution in [0, 0.1) is 6.92 Å². The molecule has 0 radical (unpaired) electrons. The Hall–Kier alpha value is -1.33. The zero-order chi connectivity index (χ0) is 13.0. The molecule has 2 N–H and O–H groups in total. The second kappa shape index (κ2) is 5.84. The predicted octanol–water partition coefficient (Wildman–Crippen LogP) is 0.157. The molecule has 1 aromatic carbocycles. The van der Waals surface area contributed by atoms with E-state index in [-0.39, 0.29) is 11.4 Å². The van der Waals surface area contributed by atoms with Crippen LogP contribution in [0.4, 0.5) is 0 Å². The molecule has 1 rings (SSSR count). The molecule has 4 nitrogen and oxygen atoms in total. The summed E-state index contributed by atoms with van der Waals surface area (Å²) >= 11 is 0. The van der Waals surface area contributed by atoms with Crippen molar-refractivity contribution in [2.45, 2.75) is 20.8 Å². The standard InChI is InChI=1S/C12H18BNO3/c1-4-14(5-2)12(15)11-9(3)7-6-8-10(11)13(16)17/h6-8,16-17H,4-5H2,1-3H3. The Balaban J connectivity index is 3.24. The molecule has 0 aliphatic carbocycles. The maximum absolute atomic E-state index is 12.3. The first-order chi connectivity index (χ1) is 8.02. The number of carbonyl (C=O) groups excluding carboxylic acids is 1. The summed E-state index contributed by atoms with van der Waals surface area (Å²) in [4.78, 5) is 13.9. The SMILES string of the molecule is CCN(CC)C(=O)c1c(C)cccc1B(O)O. The molecule has 0 saturated carbocycles. The lowest BCUT2D eigenvalue weighted by atomic mass is 9.75. The highest BCUT2D eigenvalue weighted by atomic mass is 16.4. The van der Waals surface area contributed by atoms with Gasteiger partial charge in [0, 0.05) is 18.7 Å². The zero-order valence-corrected chi connectivity index (χ0v) is 10.5. The van der Waals surface area contributed by atoms with Crippen LogP contribution in [-0.4, -0.2) is 41.1 Å². The van der Waals surface area contributed by atoms with E-state index in [4.69, 9.17) is 0 Å². The van der Waals surface area contributed by atoms with Crippen LogP contribution in [0.25, 0.3) is 0 Å². The first kappa shape index (κ1) is 13.7. The Labute approximate surface area is 102 Å². The van der Waals surface area contributed by atoms with Crippen LogP contribution in [0.1, 0.15) is 29.8 Å². The second-order valence-electron chi connectivity index (χ2n) is 3.89. The number of hydrogen-bond donors (Lipinski definition) is 2. The van der Waals surface area contributed by atoms with Crippen molar-refractivity contribution < 1.29 is 14.8 Å². The predicted molar refractivity (Wildman–Crippen MR) is 68.3 cm³/mol. The summed E-state index contributed by atoms with van der Waals surface area (Å²) in [5.74, 6) is -0.156. The van der Waals surface area contributed by atoms with Crippen LogP contribution < -0.4 is 5.46 Å². The quantitative estimate of drug-likeness (QED) is 0.730. The van der Waals surface area contributed by atoms with E-state index in [1.165, 1.54) is 0 Å². The van der Waals surface area contributed by atoms with Gasteiger partial charge < -0.3 is 14.9 Å². The van der Waals surface area contributed by atoms with Gasteiger partial charge in [-0.15, -0.1) is 0 Å². The Kier molecular flexibility index (Phi) is 4.72. The molecule has 0 bridgehead atoms. The van der Waals surface area contributed by atoms with Crippen molar-refractivity contribution in [3.63, 3.8) is 0 Å². The molecule has 0 heterocycles. The Morgan fingerprint density at radius 1 is 1.29 bits per heavy atom. The largest absolute Gasteiger partial charge is 0.489 e. The van der Waals surface area contributed by atoms with Crippen molar-refractivity contribution in [1.82, 2.24) is 4.90 Å². The van der Waals surface area contributed by atoms with E-state index in [9.17, 15) is 14.8 Å². The lowest BCUT2D eigenvalue weighted by Crippen LogP contribution is -2.40. The van der Waals surface area contributed by atoms with Crippen LogP contribution in [0.5, 0.6) is 0 Å². The van der Waals surface area contributed by atoms with Gasteiger partial charge >= 0.3 is 7.12 Å². The van der Waals surface area contributed by atoms with Crippen molar-refractivity contribution in [2.24, 2.45) is 0 Å². The van der Waals surface area contributed by atoms with E-state index in [2.05, 4.69) is 0 Å². The number of hydrogen-bond acceptors (Lipinski definition) is 3. The van der Waals surface area contributed by atoms with Crippen molar-refractivity contribution in [3.05, 3.63) is 29.3 Å². The van der Waals surface area contributed by atoms with E-state index in [1.807, 2.05) is 13.8 Å². The Morgan fingerprint density at radius 3 is 2.35 bits per heavy atom. The fourth-order valence-electron chi connectivity index (χ4n) is 1.87. The third kappa shape index (κ3) is 2.87. The molecule has 0 unspecified atom stereocenters. The van der Waals surface area contributed by atoms with E-state index in [0.717, 1.165) is 5.56 Å². The fourth-order valence-corrected chi connectivity index (χ4v) is 1.87. The van der Waals surface area contributed by atoms with E-state index in [1.54, 1.807) is 30.0 Å². The number of carbonyl (C=O) groups is 1. The second-order valence-corrected chi connectivity index (χ2v) is 3.89. The topological polar surface area (TPSA) is 60.8 Å². The first-order valence-corrected chi connectivity index (χ1v) is 5.77. The molecule has 0 aromatic heterocycles. The van der Waals surface area contributed by atoms with E-state index < -0.39 is 7.12 Å². The molecule has 1 aromatic rings. The monoisotopic (exact) mass is 235 g/mol. The van der Waals surface area contributed by atoms with Gasteiger partial charge in [0.05, 0.1) is 0 Å². The smallest absolute Gasteiger partial charge is 0.423 e. The van der Waals surface area contributed by atoms with Crippen LogP contribution in [0.15, 0.2) is 18.2 Å². The van der Waals surface area contributed by atoms with E-state index >= 15 is 0 Å². The summed E-state index contributed by atoms with van der Waals surface area (Å²) in [7, 11) is -1.62. The summed E-state index contributed by atoms with van der Waals surface area (Å²) in [6, 6.07) is 5.07. The number of aryl methyl sites for hydroxylation is 1. The molecular formula is C12H18BNO3. The molecule has 0 fully saturated rings. The van der Waals surface area contributed by atoms with Crippen LogP contribution in [0.3, 0.4) is 0 Å². The van der Waals surface area contributed by atoms with Gasteiger partial charge in [-0.1, -0.05) is 18.2 Å². The summed E-state index contributed by atoms with van der Waals surface area (Å²) in [6.45, 7) is 6.79. The highest BCUT2D eigenvalue weighted by Gasteiger charge is 2.24. The normalized spacial score (nSPS) is 10.2.